The Balaban J connectivity index is 2.32. The zero-order valence-electron chi connectivity index (χ0n) is 15.0. The monoisotopic (exact) mass is 344 g/mol. The highest BCUT2D eigenvalue weighted by Gasteiger charge is 2.24. The van der Waals surface area contributed by atoms with Crippen molar-refractivity contribution in [1.29, 1.82) is 0 Å². The van der Waals surface area contributed by atoms with Gasteiger partial charge < -0.3 is 19.3 Å². The number of rotatable bonds is 8. The Morgan fingerprint density at radius 3 is 2.40 bits per heavy atom. The molecule has 1 unspecified atom stereocenters. The van der Waals surface area contributed by atoms with Gasteiger partial charge in [-0.3, -0.25) is 4.79 Å². The maximum atomic E-state index is 11.9. The third-order valence-corrected chi connectivity index (χ3v) is 3.82. The first kappa shape index (κ1) is 18.6. The van der Waals surface area contributed by atoms with Crippen LogP contribution in [-0.2, 0) is 11.2 Å². The first-order valence-corrected chi connectivity index (χ1v) is 8.15. The van der Waals surface area contributed by atoms with Gasteiger partial charge in [0.25, 0.3) is 0 Å². The molecular weight excluding hydrogens is 320 g/mol. The minimum atomic E-state index is -0.904. The van der Waals surface area contributed by atoms with Crippen LogP contribution in [0.5, 0.6) is 17.2 Å². The van der Waals surface area contributed by atoms with E-state index in [1.807, 2.05) is 38.1 Å². The topological polar surface area (TPSA) is 65.0 Å². The summed E-state index contributed by atoms with van der Waals surface area (Å²) in [7, 11) is 3.08. The Hall–Kier alpha value is -2.69. The SMILES string of the molecule is COc1ccc(C(Cc2cccc(OC(C)C)c2)C(=O)O)c(OC)c1. The lowest BCUT2D eigenvalue weighted by molar-refractivity contribution is -0.138. The molecule has 0 bridgehead atoms. The lowest BCUT2D eigenvalue weighted by Gasteiger charge is -2.18. The number of aliphatic carboxylic acids is 1. The van der Waals surface area contributed by atoms with Gasteiger partial charge in [-0.05, 0) is 44.0 Å². The van der Waals surface area contributed by atoms with E-state index in [-0.39, 0.29) is 6.10 Å². The van der Waals surface area contributed by atoms with Crippen molar-refractivity contribution in [1.82, 2.24) is 0 Å². The van der Waals surface area contributed by atoms with Crippen LogP contribution in [0.15, 0.2) is 42.5 Å². The predicted molar refractivity (Wildman–Crippen MR) is 95.8 cm³/mol. The van der Waals surface area contributed by atoms with Crippen molar-refractivity contribution in [2.24, 2.45) is 0 Å². The average molecular weight is 344 g/mol. The molecule has 0 aliphatic carbocycles. The highest BCUT2D eigenvalue weighted by molar-refractivity contribution is 5.78. The van der Waals surface area contributed by atoms with E-state index in [1.165, 1.54) is 7.11 Å². The van der Waals surface area contributed by atoms with E-state index in [1.54, 1.807) is 25.3 Å². The Morgan fingerprint density at radius 1 is 1.04 bits per heavy atom. The minimum absolute atomic E-state index is 0.0622. The Labute approximate surface area is 148 Å². The van der Waals surface area contributed by atoms with Crippen LogP contribution in [-0.4, -0.2) is 31.4 Å². The second kappa shape index (κ2) is 8.42. The predicted octanol–water partition coefficient (Wildman–Crippen LogP) is 3.90. The summed E-state index contributed by atoms with van der Waals surface area (Å²) in [5.41, 5.74) is 1.51. The summed E-state index contributed by atoms with van der Waals surface area (Å²) in [5, 5.41) is 9.73. The fourth-order valence-corrected chi connectivity index (χ4v) is 2.69. The molecule has 0 aliphatic heterocycles. The van der Waals surface area contributed by atoms with Gasteiger partial charge in [-0.25, -0.2) is 0 Å². The smallest absolute Gasteiger partial charge is 0.311 e. The molecule has 0 saturated heterocycles. The zero-order valence-corrected chi connectivity index (χ0v) is 15.0. The number of carbonyl (C=O) groups is 1. The van der Waals surface area contributed by atoms with Crippen LogP contribution >= 0.6 is 0 Å². The summed E-state index contributed by atoms with van der Waals surface area (Å²) in [5.74, 6) is 0.227. The average Bonchev–Trinajstić information content (AvgIpc) is 2.58. The molecule has 0 aliphatic rings. The summed E-state index contributed by atoms with van der Waals surface area (Å²) in [6.45, 7) is 3.91. The number of carboxylic acid groups (broad SMARTS) is 1. The van der Waals surface area contributed by atoms with E-state index in [2.05, 4.69) is 0 Å². The fourth-order valence-electron chi connectivity index (χ4n) is 2.69. The molecule has 0 saturated carbocycles. The molecule has 0 aromatic heterocycles. The molecule has 0 amide bonds. The molecule has 134 valence electrons. The van der Waals surface area contributed by atoms with Crippen molar-refractivity contribution in [2.75, 3.05) is 14.2 Å². The first-order valence-electron chi connectivity index (χ1n) is 8.15. The molecule has 0 radical (unpaired) electrons. The fraction of sp³-hybridized carbons (Fsp3) is 0.350. The number of hydrogen-bond donors (Lipinski definition) is 1. The van der Waals surface area contributed by atoms with Gasteiger partial charge in [0.15, 0.2) is 0 Å². The van der Waals surface area contributed by atoms with Crippen LogP contribution in [0.25, 0.3) is 0 Å². The summed E-state index contributed by atoms with van der Waals surface area (Å²) < 4.78 is 16.2. The maximum absolute atomic E-state index is 11.9. The number of ether oxygens (including phenoxy) is 3. The minimum Gasteiger partial charge on any atom is -0.497 e. The van der Waals surface area contributed by atoms with Crippen molar-refractivity contribution in [2.45, 2.75) is 32.3 Å². The van der Waals surface area contributed by atoms with Gasteiger partial charge in [-0.2, -0.15) is 0 Å². The number of carboxylic acids is 1. The second-order valence-electron chi connectivity index (χ2n) is 6.02. The number of hydrogen-bond acceptors (Lipinski definition) is 4. The van der Waals surface area contributed by atoms with Crippen LogP contribution in [0.2, 0.25) is 0 Å². The molecule has 0 spiro atoms. The van der Waals surface area contributed by atoms with Gasteiger partial charge in [0.05, 0.1) is 26.2 Å². The van der Waals surface area contributed by atoms with Crippen molar-refractivity contribution < 1.29 is 24.1 Å². The molecule has 2 aromatic carbocycles. The van der Waals surface area contributed by atoms with E-state index in [0.29, 0.717) is 23.5 Å². The highest BCUT2D eigenvalue weighted by atomic mass is 16.5. The molecule has 25 heavy (non-hydrogen) atoms. The molecule has 1 N–H and O–H groups in total. The second-order valence-corrected chi connectivity index (χ2v) is 6.02. The van der Waals surface area contributed by atoms with Crippen LogP contribution < -0.4 is 14.2 Å². The Bertz CT molecular complexity index is 724. The standard InChI is InChI=1S/C20H24O5/c1-13(2)25-16-7-5-6-14(10-16)11-18(20(21)22)17-9-8-15(23-3)12-19(17)24-4/h5-10,12-13,18H,11H2,1-4H3,(H,21,22). The largest absolute Gasteiger partial charge is 0.497 e. The van der Waals surface area contributed by atoms with E-state index >= 15 is 0 Å². The summed E-state index contributed by atoms with van der Waals surface area (Å²) in [6.07, 6.45) is 0.403. The van der Waals surface area contributed by atoms with Crippen LogP contribution in [0, 0.1) is 0 Å². The maximum Gasteiger partial charge on any atom is 0.311 e. The van der Waals surface area contributed by atoms with Gasteiger partial charge in [-0.1, -0.05) is 18.2 Å². The van der Waals surface area contributed by atoms with Crippen LogP contribution in [0.3, 0.4) is 0 Å². The van der Waals surface area contributed by atoms with Gasteiger partial charge in [0.1, 0.15) is 17.2 Å². The molecule has 0 fully saturated rings. The first-order chi connectivity index (χ1) is 11.9. The van der Waals surface area contributed by atoms with E-state index < -0.39 is 11.9 Å². The van der Waals surface area contributed by atoms with Gasteiger partial charge in [-0.15, -0.1) is 0 Å². The van der Waals surface area contributed by atoms with Gasteiger partial charge in [0.2, 0.25) is 0 Å². The molecule has 2 rings (SSSR count). The molecule has 2 aromatic rings. The lowest BCUT2D eigenvalue weighted by atomic mass is 9.91. The third kappa shape index (κ3) is 4.89. The van der Waals surface area contributed by atoms with Crippen molar-refractivity contribution in [3.05, 3.63) is 53.6 Å². The Kier molecular flexibility index (Phi) is 6.28. The van der Waals surface area contributed by atoms with Crippen LogP contribution in [0.4, 0.5) is 0 Å². The summed E-state index contributed by atoms with van der Waals surface area (Å²) >= 11 is 0. The molecular formula is C20H24O5. The van der Waals surface area contributed by atoms with Crippen molar-refractivity contribution in [3.63, 3.8) is 0 Å². The van der Waals surface area contributed by atoms with Crippen LogP contribution in [0.1, 0.15) is 30.9 Å². The van der Waals surface area contributed by atoms with Gasteiger partial charge in [0, 0.05) is 11.6 Å². The summed E-state index contributed by atoms with van der Waals surface area (Å²) in [4.78, 5) is 11.9. The number of benzene rings is 2. The van der Waals surface area contributed by atoms with Gasteiger partial charge >= 0.3 is 5.97 Å². The van der Waals surface area contributed by atoms with Crippen molar-refractivity contribution >= 4 is 5.97 Å². The normalized spacial score (nSPS) is 11.9. The quantitative estimate of drug-likeness (QED) is 0.787. The van der Waals surface area contributed by atoms with Crippen molar-refractivity contribution in [3.8, 4) is 17.2 Å². The number of methoxy groups -OCH3 is 2. The lowest BCUT2D eigenvalue weighted by Crippen LogP contribution is -2.15. The van der Waals surface area contributed by atoms with E-state index in [9.17, 15) is 9.90 Å². The van der Waals surface area contributed by atoms with E-state index in [0.717, 1.165) is 11.3 Å². The molecule has 1 atom stereocenters. The molecule has 0 heterocycles. The zero-order chi connectivity index (χ0) is 18.4. The van der Waals surface area contributed by atoms with E-state index in [4.69, 9.17) is 14.2 Å². The highest BCUT2D eigenvalue weighted by Crippen LogP contribution is 2.33. The molecule has 5 nitrogen and oxygen atoms in total. The molecule has 5 heteroatoms. The third-order valence-electron chi connectivity index (χ3n) is 3.82. The Morgan fingerprint density at radius 2 is 1.80 bits per heavy atom. The summed E-state index contributed by atoms with van der Waals surface area (Å²) in [6, 6.07) is 12.7.